The van der Waals surface area contributed by atoms with Crippen LogP contribution in [0.1, 0.15) is 45.2 Å². The second-order valence-corrected chi connectivity index (χ2v) is 5.40. The lowest BCUT2D eigenvalue weighted by molar-refractivity contribution is -0.0980. The molecule has 0 saturated heterocycles. The van der Waals surface area contributed by atoms with Gasteiger partial charge in [-0.05, 0) is 29.9 Å². The first-order chi connectivity index (χ1) is 7.93. The third-order valence-corrected chi connectivity index (χ3v) is 2.83. The van der Waals surface area contributed by atoms with Gasteiger partial charge in [0, 0.05) is 13.0 Å². The second-order valence-electron chi connectivity index (χ2n) is 5.40. The van der Waals surface area contributed by atoms with Crippen molar-refractivity contribution in [3.63, 3.8) is 0 Å². The maximum absolute atomic E-state index is 9.52. The summed E-state index contributed by atoms with van der Waals surface area (Å²) in [6.45, 7) is 9.08. The van der Waals surface area contributed by atoms with E-state index in [2.05, 4.69) is 45.0 Å². The number of hydrogen-bond donors (Lipinski definition) is 1. The van der Waals surface area contributed by atoms with E-state index in [1.807, 2.05) is 6.92 Å². The SMILES string of the molecule is CCOC(O)CCc1cccc(C(C)(C)C)c1. The molecule has 1 aromatic carbocycles. The summed E-state index contributed by atoms with van der Waals surface area (Å²) in [7, 11) is 0. The van der Waals surface area contributed by atoms with E-state index in [4.69, 9.17) is 4.74 Å². The minimum absolute atomic E-state index is 0.175. The molecule has 0 aliphatic rings. The zero-order chi connectivity index (χ0) is 12.9. The molecule has 0 aromatic heterocycles. The zero-order valence-electron chi connectivity index (χ0n) is 11.4. The van der Waals surface area contributed by atoms with Gasteiger partial charge in [0.2, 0.25) is 0 Å². The van der Waals surface area contributed by atoms with E-state index in [1.165, 1.54) is 11.1 Å². The van der Waals surface area contributed by atoms with Gasteiger partial charge in [-0.2, -0.15) is 0 Å². The first-order valence-electron chi connectivity index (χ1n) is 6.32. The van der Waals surface area contributed by atoms with Crippen molar-refractivity contribution in [2.45, 2.75) is 52.2 Å². The van der Waals surface area contributed by atoms with Crippen molar-refractivity contribution in [1.82, 2.24) is 0 Å². The largest absolute Gasteiger partial charge is 0.368 e. The van der Waals surface area contributed by atoms with Crippen LogP contribution in [-0.2, 0) is 16.6 Å². The lowest BCUT2D eigenvalue weighted by Gasteiger charge is -2.20. The fourth-order valence-corrected chi connectivity index (χ4v) is 1.76. The van der Waals surface area contributed by atoms with E-state index in [9.17, 15) is 5.11 Å². The van der Waals surface area contributed by atoms with E-state index in [1.54, 1.807) is 0 Å². The van der Waals surface area contributed by atoms with Crippen molar-refractivity contribution in [3.8, 4) is 0 Å². The average Bonchev–Trinajstić information content (AvgIpc) is 2.26. The molecule has 0 aliphatic carbocycles. The van der Waals surface area contributed by atoms with Crippen LogP contribution in [0.25, 0.3) is 0 Å². The molecule has 0 radical (unpaired) electrons. The highest BCUT2D eigenvalue weighted by molar-refractivity contribution is 5.28. The number of aliphatic hydroxyl groups excluding tert-OH is 1. The van der Waals surface area contributed by atoms with E-state index in [-0.39, 0.29) is 5.41 Å². The average molecular weight is 236 g/mol. The standard InChI is InChI=1S/C15H24O2/c1-5-17-14(16)10-9-12-7-6-8-13(11-12)15(2,3)4/h6-8,11,14,16H,5,9-10H2,1-4H3. The van der Waals surface area contributed by atoms with E-state index >= 15 is 0 Å². The Morgan fingerprint density at radius 2 is 2.00 bits per heavy atom. The van der Waals surface area contributed by atoms with Gasteiger partial charge in [-0.1, -0.05) is 45.0 Å². The molecule has 0 fully saturated rings. The molecule has 1 aromatic rings. The molecule has 2 nitrogen and oxygen atoms in total. The lowest BCUT2D eigenvalue weighted by Crippen LogP contribution is -2.14. The molecule has 2 heteroatoms. The molecule has 0 spiro atoms. The second kappa shape index (κ2) is 6.18. The number of hydrogen-bond acceptors (Lipinski definition) is 2. The Morgan fingerprint density at radius 1 is 1.29 bits per heavy atom. The normalized spacial score (nSPS) is 13.7. The van der Waals surface area contributed by atoms with Gasteiger partial charge in [0.1, 0.15) is 0 Å². The van der Waals surface area contributed by atoms with Gasteiger partial charge in [0.25, 0.3) is 0 Å². The molecular weight excluding hydrogens is 212 g/mol. The highest BCUT2D eigenvalue weighted by Crippen LogP contribution is 2.23. The fraction of sp³-hybridized carbons (Fsp3) is 0.600. The molecule has 0 amide bonds. The molecule has 0 saturated carbocycles. The molecule has 0 heterocycles. The van der Waals surface area contributed by atoms with Crippen LogP contribution in [0.4, 0.5) is 0 Å². The maximum atomic E-state index is 9.52. The smallest absolute Gasteiger partial charge is 0.154 e. The van der Waals surface area contributed by atoms with Crippen LogP contribution in [0.15, 0.2) is 24.3 Å². The summed E-state index contributed by atoms with van der Waals surface area (Å²) in [5, 5.41) is 9.52. The number of rotatable bonds is 5. The predicted molar refractivity (Wildman–Crippen MR) is 71.1 cm³/mol. The Balaban J connectivity index is 2.60. The van der Waals surface area contributed by atoms with Crippen LogP contribution in [0.5, 0.6) is 0 Å². The number of ether oxygens (including phenoxy) is 1. The first kappa shape index (κ1) is 14.2. The van der Waals surface area contributed by atoms with Crippen molar-refractivity contribution in [2.24, 2.45) is 0 Å². The number of aliphatic hydroxyl groups is 1. The van der Waals surface area contributed by atoms with Crippen LogP contribution >= 0.6 is 0 Å². The first-order valence-corrected chi connectivity index (χ1v) is 6.32. The lowest BCUT2D eigenvalue weighted by atomic mass is 9.86. The summed E-state index contributed by atoms with van der Waals surface area (Å²) in [6, 6.07) is 8.57. The van der Waals surface area contributed by atoms with Gasteiger partial charge >= 0.3 is 0 Å². The summed E-state index contributed by atoms with van der Waals surface area (Å²) in [6.07, 6.45) is 0.866. The van der Waals surface area contributed by atoms with E-state index in [0.29, 0.717) is 13.0 Å². The van der Waals surface area contributed by atoms with E-state index < -0.39 is 6.29 Å². The van der Waals surface area contributed by atoms with Crippen molar-refractivity contribution >= 4 is 0 Å². The molecule has 0 aliphatic heterocycles. The monoisotopic (exact) mass is 236 g/mol. The van der Waals surface area contributed by atoms with Gasteiger partial charge in [0.15, 0.2) is 6.29 Å². The maximum Gasteiger partial charge on any atom is 0.154 e. The number of benzene rings is 1. The van der Waals surface area contributed by atoms with Crippen LogP contribution in [0.2, 0.25) is 0 Å². The Morgan fingerprint density at radius 3 is 2.59 bits per heavy atom. The summed E-state index contributed by atoms with van der Waals surface area (Å²) >= 11 is 0. The molecular formula is C15H24O2. The summed E-state index contributed by atoms with van der Waals surface area (Å²) < 4.78 is 5.12. The minimum Gasteiger partial charge on any atom is -0.368 e. The highest BCUT2D eigenvalue weighted by atomic mass is 16.6. The molecule has 1 unspecified atom stereocenters. The topological polar surface area (TPSA) is 29.5 Å². The van der Waals surface area contributed by atoms with Crippen molar-refractivity contribution in [1.29, 1.82) is 0 Å². The number of aryl methyl sites for hydroxylation is 1. The van der Waals surface area contributed by atoms with Crippen LogP contribution < -0.4 is 0 Å². The van der Waals surface area contributed by atoms with Crippen molar-refractivity contribution < 1.29 is 9.84 Å². The summed E-state index contributed by atoms with van der Waals surface area (Å²) in [5.41, 5.74) is 2.77. The Kier molecular flexibility index (Phi) is 5.16. The third-order valence-electron chi connectivity index (χ3n) is 2.83. The fourth-order valence-electron chi connectivity index (χ4n) is 1.76. The summed E-state index contributed by atoms with van der Waals surface area (Å²) in [5.74, 6) is 0. The predicted octanol–water partition coefficient (Wildman–Crippen LogP) is 3.27. The minimum atomic E-state index is -0.640. The highest BCUT2D eigenvalue weighted by Gasteiger charge is 2.13. The Bertz CT molecular complexity index is 339. The van der Waals surface area contributed by atoms with Crippen molar-refractivity contribution in [2.75, 3.05) is 6.61 Å². The Hall–Kier alpha value is -0.860. The molecule has 1 rings (SSSR count). The van der Waals surface area contributed by atoms with E-state index in [0.717, 1.165) is 6.42 Å². The van der Waals surface area contributed by atoms with Gasteiger partial charge in [-0.3, -0.25) is 0 Å². The van der Waals surface area contributed by atoms with Gasteiger partial charge in [-0.15, -0.1) is 0 Å². The van der Waals surface area contributed by atoms with Gasteiger partial charge < -0.3 is 9.84 Å². The molecule has 17 heavy (non-hydrogen) atoms. The van der Waals surface area contributed by atoms with Crippen LogP contribution in [0.3, 0.4) is 0 Å². The zero-order valence-corrected chi connectivity index (χ0v) is 11.4. The van der Waals surface area contributed by atoms with Crippen molar-refractivity contribution in [3.05, 3.63) is 35.4 Å². The van der Waals surface area contributed by atoms with Crippen LogP contribution in [0, 0.1) is 0 Å². The molecule has 1 N–H and O–H groups in total. The van der Waals surface area contributed by atoms with Gasteiger partial charge in [-0.25, -0.2) is 0 Å². The summed E-state index contributed by atoms with van der Waals surface area (Å²) in [4.78, 5) is 0. The molecule has 0 bridgehead atoms. The Labute approximate surface area is 105 Å². The molecule has 1 atom stereocenters. The molecule has 96 valence electrons. The van der Waals surface area contributed by atoms with Gasteiger partial charge in [0.05, 0.1) is 0 Å². The van der Waals surface area contributed by atoms with Crippen LogP contribution in [-0.4, -0.2) is 18.0 Å². The third kappa shape index (κ3) is 4.88. The quantitative estimate of drug-likeness (QED) is 0.795.